The van der Waals surface area contributed by atoms with Crippen molar-refractivity contribution >= 4 is 5.96 Å². The summed E-state index contributed by atoms with van der Waals surface area (Å²) in [4.78, 5) is 6.95. The molecule has 3 nitrogen and oxygen atoms in total. The average Bonchev–Trinajstić information content (AvgIpc) is 2.75. The Bertz CT molecular complexity index is 508. The minimum absolute atomic E-state index is 0.133. The van der Waals surface area contributed by atoms with E-state index in [1.54, 1.807) is 0 Å². The number of nitrogens with two attached hydrogens (primary N) is 1. The van der Waals surface area contributed by atoms with Crippen molar-refractivity contribution < 1.29 is 0 Å². The van der Waals surface area contributed by atoms with Gasteiger partial charge in [0.2, 0.25) is 0 Å². The SMILES string of the molecule is CCC(C)N1C(N)=NCC12CCc1ccccc1C2. The van der Waals surface area contributed by atoms with Crippen LogP contribution in [0, 0.1) is 0 Å². The molecule has 0 aromatic heterocycles. The van der Waals surface area contributed by atoms with E-state index in [9.17, 15) is 0 Å². The lowest BCUT2D eigenvalue weighted by atomic mass is 9.76. The van der Waals surface area contributed by atoms with Crippen LogP contribution in [0.3, 0.4) is 0 Å². The van der Waals surface area contributed by atoms with Gasteiger partial charge in [0, 0.05) is 6.04 Å². The molecule has 1 spiro atoms. The largest absolute Gasteiger partial charge is 0.370 e. The molecule has 1 aromatic rings. The fourth-order valence-electron chi connectivity index (χ4n) is 3.62. The third-order valence-corrected chi connectivity index (χ3v) is 4.82. The molecule has 0 amide bonds. The Kier molecular flexibility index (Phi) is 3.00. The maximum atomic E-state index is 6.16. The van der Waals surface area contributed by atoms with Crippen LogP contribution in [-0.2, 0) is 12.8 Å². The predicted octanol–water partition coefficient (Wildman–Crippen LogP) is 2.34. The molecule has 1 aromatic carbocycles. The highest BCUT2D eigenvalue weighted by Crippen LogP contribution is 2.37. The van der Waals surface area contributed by atoms with Gasteiger partial charge in [-0.3, -0.25) is 4.99 Å². The molecule has 2 unspecified atom stereocenters. The van der Waals surface area contributed by atoms with Gasteiger partial charge >= 0.3 is 0 Å². The van der Waals surface area contributed by atoms with Crippen LogP contribution in [-0.4, -0.2) is 29.0 Å². The third kappa shape index (κ3) is 1.92. The molecule has 1 aliphatic heterocycles. The molecule has 0 fully saturated rings. The Hall–Kier alpha value is -1.51. The van der Waals surface area contributed by atoms with E-state index in [4.69, 9.17) is 5.73 Å². The van der Waals surface area contributed by atoms with Crippen LogP contribution in [0.15, 0.2) is 29.3 Å². The molecule has 102 valence electrons. The van der Waals surface area contributed by atoms with Crippen molar-refractivity contribution in [2.24, 2.45) is 10.7 Å². The van der Waals surface area contributed by atoms with Gasteiger partial charge in [0.05, 0.1) is 12.1 Å². The number of nitrogens with zero attached hydrogens (tertiary/aromatic N) is 2. The zero-order valence-electron chi connectivity index (χ0n) is 11.9. The predicted molar refractivity (Wildman–Crippen MR) is 79.3 cm³/mol. The second kappa shape index (κ2) is 4.55. The lowest BCUT2D eigenvalue weighted by molar-refractivity contribution is 0.134. The van der Waals surface area contributed by atoms with Crippen LogP contribution in [0.25, 0.3) is 0 Å². The molecule has 3 rings (SSSR count). The van der Waals surface area contributed by atoms with Gasteiger partial charge in [-0.25, -0.2) is 0 Å². The van der Waals surface area contributed by atoms with Gasteiger partial charge in [-0.2, -0.15) is 0 Å². The normalized spacial score (nSPS) is 27.3. The van der Waals surface area contributed by atoms with E-state index in [0.29, 0.717) is 6.04 Å². The highest BCUT2D eigenvalue weighted by molar-refractivity contribution is 5.81. The van der Waals surface area contributed by atoms with Crippen LogP contribution >= 0.6 is 0 Å². The van der Waals surface area contributed by atoms with Crippen LogP contribution in [0.1, 0.15) is 37.8 Å². The van der Waals surface area contributed by atoms with Gasteiger partial charge in [-0.05, 0) is 43.7 Å². The molecule has 0 radical (unpaired) electrons. The van der Waals surface area contributed by atoms with Gasteiger partial charge in [-0.15, -0.1) is 0 Å². The summed E-state index contributed by atoms with van der Waals surface area (Å²) in [5, 5.41) is 0. The maximum Gasteiger partial charge on any atom is 0.192 e. The molecule has 1 heterocycles. The molecule has 19 heavy (non-hydrogen) atoms. The van der Waals surface area contributed by atoms with Crippen molar-refractivity contribution in [3.63, 3.8) is 0 Å². The topological polar surface area (TPSA) is 41.6 Å². The summed E-state index contributed by atoms with van der Waals surface area (Å²) in [6, 6.07) is 9.28. The van der Waals surface area contributed by atoms with E-state index in [0.717, 1.165) is 31.8 Å². The summed E-state index contributed by atoms with van der Waals surface area (Å²) in [6.45, 7) is 5.34. The van der Waals surface area contributed by atoms with Gasteiger partial charge in [0.1, 0.15) is 0 Å². The second-order valence-electron chi connectivity index (χ2n) is 5.97. The van der Waals surface area contributed by atoms with Crippen molar-refractivity contribution in [1.82, 2.24) is 4.90 Å². The molecule has 0 bridgehead atoms. The van der Waals surface area contributed by atoms with Gasteiger partial charge < -0.3 is 10.6 Å². The first-order valence-electron chi connectivity index (χ1n) is 7.32. The summed E-state index contributed by atoms with van der Waals surface area (Å²) in [5.74, 6) is 0.744. The van der Waals surface area contributed by atoms with Crippen molar-refractivity contribution in [1.29, 1.82) is 0 Å². The van der Waals surface area contributed by atoms with Crippen LogP contribution < -0.4 is 5.73 Å². The summed E-state index contributed by atoms with van der Waals surface area (Å²) < 4.78 is 0. The van der Waals surface area contributed by atoms with Crippen LogP contribution in [0.5, 0.6) is 0 Å². The lowest BCUT2D eigenvalue weighted by Crippen LogP contribution is -2.57. The minimum Gasteiger partial charge on any atom is -0.370 e. The minimum atomic E-state index is 0.133. The molecule has 0 saturated heterocycles. The number of fused-ring (bicyclic) bond motifs is 1. The standard InChI is InChI=1S/C16H23N3/c1-3-12(2)19-15(17)18-11-16(19)9-8-13-6-4-5-7-14(13)10-16/h4-7,12H,3,8-11H2,1-2H3,(H2,17,18). The first-order chi connectivity index (χ1) is 9.16. The zero-order valence-corrected chi connectivity index (χ0v) is 11.9. The number of hydrogen-bond acceptors (Lipinski definition) is 3. The fraction of sp³-hybridized carbons (Fsp3) is 0.562. The molecule has 2 atom stereocenters. The molecular formula is C16H23N3. The highest BCUT2D eigenvalue weighted by Gasteiger charge is 2.45. The fourth-order valence-corrected chi connectivity index (χ4v) is 3.62. The smallest absolute Gasteiger partial charge is 0.192 e. The number of benzene rings is 1. The third-order valence-electron chi connectivity index (χ3n) is 4.82. The monoisotopic (exact) mass is 257 g/mol. The Morgan fingerprint density at radius 1 is 1.37 bits per heavy atom. The van der Waals surface area contributed by atoms with Gasteiger partial charge in [-0.1, -0.05) is 31.2 Å². The van der Waals surface area contributed by atoms with E-state index >= 15 is 0 Å². The van der Waals surface area contributed by atoms with Crippen LogP contribution in [0.2, 0.25) is 0 Å². The molecule has 0 saturated carbocycles. The summed E-state index contributed by atoms with van der Waals surface area (Å²) in [7, 11) is 0. The van der Waals surface area contributed by atoms with E-state index in [1.165, 1.54) is 17.5 Å². The number of aliphatic imine (C=N–C) groups is 1. The average molecular weight is 257 g/mol. The van der Waals surface area contributed by atoms with E-state index in [1.807, 2.05) is 0 Å². The van der Waals surface area contributed by atoms with E-state index in [2.05, 4.69) is 48.0 Å². The maximum absolute atomic E-state index is 6.16. The van der Waals surface area contributed by atoms with E-state index in [-0.39, 0.29) is 5.54 Å². The lowest BCUT2D eigenvalue weighted by Gasteiger charge is -2.45. The zero-order chi connectivity index (χ0) is 13.5. The van der Waals surface area contributed by atoms with E-state index < -0.39 is 0 Å². The Morgan fingerprint density at radius 2 is 2.11 bits per heavy atom. The Morgan fingerprint density at radius 3 is 2.84 bits per heavy atom. The molecule has 3 heteroatoms. The van der Waals surface area contributed by atoms with Crippen molar-refractivity contribution in [2.45, 2.75) is 51.1 Å². The van der Waals surface area contributed by atoms with Crippen LogP contribution in [0.4, 0.5) is 0 Å². The number of hydrogen-bond donors (Lipinski definition) is 1. The number of aryl methyl sites for hydroxylation is 1. The summed E-state index contributed by atoms with van der Waals surface area (Å²) >= 11 is 0. The number of rotatable bonds is 2. The molecular weight excluding hydrogens is 234 g/mol. The summed E-state index contributed by atoms with van der Waals surface area (Å²) in [5.41, 5.74) is 9.27. The highest BCUT2D eigenvalue weighted by atomic mass is 15.4. The summed E-state index contributed by atoms with van der Waals surface area (Å²) in [6.07, 6.45) is 4.50. The molecule has 2 N–H and O–H groups in total. The van der Waals surface area contributed by atoms with Crippen molar-refractivity contribution in [2.75, 3.05) is 6.54 Å². The van der Waals surface area contributed by atoms with Crippen molar-refractivity contribution in [3.05, 3.63) is 35.4 Å². The number of guanidine groups is 1. The van der Waals surface area contributed by atoms with Gasteiger partial charge in [0.15, 0.2) is 5.96 Å². The molecule has 1 aliphatic carbocycles. The Labute approximate surface area is 115 Å². The molecule has 2 aliphatic rings. The first-order valence-corrected chi connectivity index (χ1v) is 7.32. The van der Waals surface area contributed by atoms with Gasteiger partial charge in [0.25, 0.3) is 0 Å². The second-order valence-corrected chi connectivity index (χ2v) is 5.97. The first kappa shape index (κ1) is 12.5. The quantitative estimate of drug-likeness (QED) is 0.883. The van der Waals surface area contributed by atoms with Crippen molar-refractivity contribution in [3.8, 4) is 0 Å². The Balaban J connectivity index is 1.93.